The van der Waals surface area contributed by atoms with Crippen LogP contribution in [0.2, 0.25) is 5.02 Å². The third-order valence-corrected chi connectivity index (χ3v) is 5.68. The third-order valence-electron chi connectivity index (χ3n) is 4.59. The molecule has 12 heteroatoms. The van der Waals surface area contributed by atoms with Gasteiger partial charge in [-0.05, 0) is 54.7 Å². The van der Waals surface area contributed by atoms with Crippen LogP contribution in [0.1, 0.15) is 10.4 Å². The second-order valence-corrected chi connectivity index (χ2v) is 9.78. The van der Waals surface area contributed by atoms with Crippen molar-refractivity contribution in [3.63, 3.8) is 0 Å². The Morgan fingerprint density at radius 2 is 1.46 bits per heavy atom. The maximum atomic E-state index is 12.7. The molecule has 0 aliphatic rings. The van der Waals surface area contributed by atoms with Crippen LogP contribution in [0, 0.1) is 0 Å². The molecule has 0 aliphatic carbocycles. The molecule has 9 nitrogen and oxygen atoms in total. The van der Waals surface area contributed by atoms with Gasteiger partial charge in [-0.25, -0.2) is 8.42 Å². The average Bonchev–Trinajstić information content (AvgIpc) is 2.80. The second-order valence-electron chi connectivity index (χ2n) is 7.22. The Morgan fingerprint density at radius 3 is 2.06 bits per heavy atom. The summed E-state index contributed by atoms with van der Waals surface area (Å²) in [4.78, 5) is 12.7. The van der Waals surface area contributed by atoms with E-state index in [0.29, 0.717) is 38.7 Å². The summed E-state index contributed by atoms with van der Waals surface area (Å²) in [6.45, 7) is 0. The van der Waals surface area contributed by atoms with Gasteiger partial charge in [0.1, 0.15) is 11.5 Å². The SMILES string of the molecule is COc1cc(OC)c(NC(=S)Nc2ccc(NC(=O)c3ccccc3NS(C)(=O)=O)cc2)cc1Cl. The van der Waals surface area contributed by atoms with Crippen molar-refractivity contribution in [3.05, 3.63) is 71.2 Å². The van der Waals surface area contributed by atoms with Crippen LogP contribution in [-0.4, -0.2) is 39.9 Å². The predicted octanol–water partition coefficient (Wildman–Crippen LogP) is 4.79. The largest absolute Gasteiger partial charge is 0.495 e. The first kappa shape index (κ1) is 26.1. The molecule has 3 aromatic rings. The summed E-state index contributed by atoms with van der Waals surface area (Å²) < 4.78 is 36.0. The number of benzene rings is 3. The van der Waals surface area contributed by atoms with Gasteiger partial charge in [0.2, 0.25) is 10.0 Å². The van der Waals surface area contributed by atoms with E-state index < -0.39 is 15.9 Å². The lowest BCUT2D eigenvalue weighted by Gasteiger charge is -2.15. The smallest absolute Gasteiger partial charge is 0.257 e. The van der Waals surface area contributed by atoms with E-state index in [9.17, 15) is 13.2 Å². The van der Waals surface area contributed by atoms with Crippen molar-refractivity contribution in [1.82, 2.24) is 0 Å². The molecule has 0 atom stereocenters. The quantitative estimate of drug-likeness (QED) is 0.305. The van der Waals surface area contributed by atoms with Crippen LogP contribution in [0.3, 0.4) is 0 Å². The number of hydrogen-bond donors (Lipinski definition) is 4. The van der Waals surface area contributed by atoms with E-state index in [0.717, 1.165) is 6.26 Å². The number of para-hydroxylation sites is 1. The Morgan fingerprint density at radius 1 is 0.857 bits per heavy atom. The summed E-state index contributed by atoms with van der Waals surface area (Å²) in [5, 5.41) is 9.50. The van der Waals surface area contributed by atoms with Gasteiger partial charge in [-0.2, -0.15) is 0 Å². The van der Waals surface area contributed by atoms with Gasteiger partial charge in [0.05, 0.1) is 42.4 Å². The number of anilines is 4. The van der Waals surface area contributed by atoms with Crippen LogP contribution in [0.4, 0.5) is 22.7 Å². The number of methoxy groups -OCH3 is 2. The number of ether oxygens (including phenoxy) is 2. The lowest BCUT2D eigenvalue weighted by Crippen LogP contribution is -2.19. The van der Waals surface area contributed by atoms with Crippen LogP contribution in [0.25, 0.3) is 0 Å². The van der Waals surface area contributed by atoms with Crippen LogP contribution < -0.4 is 30.1 Å². The lowest BCUT2D eigenvalue weighted by molar-refractivity contribution is 0.102. The van der Waals surface area contributed by atoms with Crippen LogP contribution >= 0.6 is 23.8 Å². The number of nitrogens with one attached hydrogen (secondary N) is 4. The highest BCUT2D eigenvalue weighted by Crippen LogP contribution is 2.36. The molecule has 1 amide bonds. The summed E-state index contributed by atoms with van der Waals surface area (Å²) in [6.07, 6.45) is 1.02. The van der Waals surface area contributed by atoms with Crippen molar-refractivity contribution < 1.29 is 22.7 Å². The monoisotopic (exact) mass is 534 g/mol. The number of carbonyl (C=O) groups is 1. The van der Waals surface area contributed by atoms with E-state index in [2.05, 4.69) is 20.7 Å². The standard InChI is InChI=1S/C23H23ClN4O5S2/c1-32-20-13-21(33-2)19(12-17(20)24)27-23(34)26-15-10-8-14(9-11-15)25-22(29)16-6-4-5-7-18(16)28-35(3,30)31/h4-13,28H,1-3H3,(H,25,29)(H2,26,27,34). The normalized spacial score (nSPS) is 10.7. The maximum absolute atomic E-state index is 12.7. The van der Waals surface area contributed by atoms with E-state index in [1.807, 2.05) is 0 Å². The maximum Gasteiger partial charge on any atom is 0.257 e. The van der Waals surface area contributed by atoms with Gasteiger partial charge in [0.25, 0.3) is 5.91 Å². The molecule has 0 aromatic heterocycles. The van der Waals surface area contributed by atoms with Gasteiger partial charge in [0, 0.05) is 17.4 Å². The number of sulfonamides is 1. The molecule has 0 radical (unpaired) electrons. The van der Waals surface area contributed by atoms with Crippen LogP contribution in [-0.2, 0) is 10.0 Å². The van der Waals surface area contributed by atoms with Crippen molar-refractivity contribution in [3.8, 4) is 11.5 Å². The molecule has 3 aromatic carbocycles. The van der Waals surface area contributed by atoms with Crippen molar-refractivity contribution in [1.29, 1.82) is 0 Å². The molecule has 4 N–H and O–H groups in total. The fourth-order valence-electron chi connectivity index (χ4n) is 3.05. The average molecular weight is 535 g/mol. The van der Waals surface area contributed by atoms with Crippen molar-refractivity contribution in [2.75, 3.05) is 41.1 Å². The molecular formula is C23H23ClN4O5S2. The van der Waals surface area contributed by atoms with Gasteiger partial charge in [-0.3, -0.25) is 9.52 Å². The van der Waals surface area contributed by atoms with Crippen molar-refractivity contribution in [2.24, 2.45) is 0 Å². The van der Waals surface area contributed by atoms with Gasteiger partial charge in [-0.15, -0.1) is 0 Å². The van der Waals surface area contributed by atoms with Gasteiger partial charge < -0.3 is 25.4 Å². The summed E-state index contributed by atoms with van der Waals surface area (Å²) in [6, 6.07) is 16.4. The lowest BCUT2D eigenvalue weighted by atomic mass is 10.1. The highest BCUT2D eigenvalue weighted by Gasteiger charge is 2.14. The fourth-order valence-corrected chi connectivity index (χ4v) is 4.09. The number of amides is 1. The molecule has 0 bridgehead atoms. The summed E-state index contributed by atoms with van der Waals surface area (Å²) in [7, 11) is -0.502. The molecule has 0 unspecified atom stereocenters. The van der Waals surface area contributed by atoms with Crippen LogP contribution in [0.15, 0.2) is 60.7 Å². The predicted molar refractivity (Wildman–Crippen MR) is 144 cm³/mol. The highest BCUT2D eigenvalue weighted by molar-refractivity contribution is 7.92. The molecule has 0 aliphatic heterocycles. The molecule has 0 saturated heterocycles. The Kier molecular flexibility index (Phi) is 8.39. The zero-order chi connectivity index (χ0) is 25.6. The molecule has 3 rings (SSSR count). The first-order chi connectivity index (χ1) is 16.6. The molecule has 184 valence electrons. The number of rotatable bonds is 8. The number of carbonyl (C=O) groups excluding carboxylic acids is 1. The fraction of sp³-hybridized carbons (Fsp3) is 0.130. The summed E-state index contributed by atoms with van der Waals surface area (Å²) in [5.41, 5.74) is 2.12. The first-order valence-electron chi connectivity index (χ1n) is 10.1. The summed E-state index contributed by atoms with van der Waals surface area (Å²) in [5.74, 6) is 0.512. The first-order valence-corrected chi connectivity index (χ1v) is 12.7. The minimum atomic E-state index is -3.53. The zero-order valence-corrected chi connectivity index (χ0v) is 21.4. The molecule has 0 spiro atoms. The molecule has 35 heavy (non-hydrogen) atoms. The van der Waals surface area contributed by atoms with Crippen molar-refractivity contribution >= 4 is 67.6 Å². The van der Waals surface area contributed by atoms with E-state index in [4.69, 9.17) is 33.3 Å². The Balaban J connectivity index is 1.66. The summed E-state index contributed by atoms with van der Waals surface area (Å²) >= 11 is 11.6. The van der Waals surface area contributed by atoms with Crippen molar-refractivity contribution in [2.45, 2.75) is 0 Å². The third kappa shape index (κ3) is 7.22. The zero-order valence-electron chi connectivity index (χ0n) is 19.0. The minimum Gasteiger partial charge on any atom is -0.495 e. The molecule has 0 fully saturated rings. The van der Waals surface area contributed by atoms with Crippen LogP contribution in [0.5, 0.6) is 11.5 Å². The number of hydrogen-bond acceptors (Lipinski definition) is 6. The number of thiocarbonyl (C=S) groups is 1. The molecule has 0 saturated carbocycles. The molecule has 0 heterocycles. The van der Waals surface area contributed by atoms with E-state index in [1.165, 1.54) is 26.4 Å². The van der Waals surface area contributed by atoms with Gasteiger partial charge in [0.15, 0.2) is 5.11 Å². The highest BCUT2D eigenvalue weighted by atomic mass is 35.5. The van der Waals surface area contributed by atoms with Gasteiger partial charge >= 0.3 is 0 Å². The Hall–Kier alpha value is -3.54. The second kappa shape index (κ2) is 11.3. The van der Waals surface area contributed by atoms with E-state index >= 15 is 0 Å². The van der Waals surface area contributed by atoms with Gasteiger partial charge in [-0.1, -0.05) is 23.7 Å². The topological polar surface area (TPSA) is 118 Å². The van der Waals surface area contributed by atoms with E-state index in [1.54, 1.807) is 48.5 Å². The van der Waals surface area contributed by atoms with E-state index in [-0.39, 0.29) is 11.3 Å². The Labute approximate surface area is 213 Å². The minimum absolute atomic E-state index is 0.191. The molecular weight excluding hydrogens is 512 g/mol. The number of halogens is 1. The Bertz CT molecular complexity index is 1350.